The fourth-order valence-electron chi connectivity index (χ4n) is 3.57. The van der Waals surface area contributed by atoms with Gasteiger partial charge in [0.1, 0.15) is 0 Å². The second-order valence-electron chi connectivity index (χ2n) is 7.22. The molecule has 25 heavy (non-hydrogen) atoms. The van der Waals surface area contributed by atoms with Gasteiger partial charge in [0, 0.05) is 50.3 Å². The van der Waals surface area contributed by atoms with Gasteiger partial charge in [0.05, 0.1) is 0 Å². The first-order valence-corrected chi connectivity index (χ1v) is 9.00. The summed E-state index contributed by atoms with van der Waals surface area (Å²) in [6, 6.07) is 1.26. The van der Waals surface area contributed by atoms with Crippen molar-refractivity contribution in [2.75, 3.05) is 33.2 Å². The SMILES string of the molecule is C=CC(=O)N1C(C)CN(C)CC1C.C=CC(=O)N1CC(C)NC[C@H]1C. The van der Waals surface area contributed by atoms with Crippen LogP contribution in [0.3, 0.4) is 0 Å². The molecule has 2 heterocycles. The van der Waals surface area contributed by atoms with E-state index >= 15 is 0 Å². The summed E-state index contributed by atoms with van der Waals surface area (Å²) in [4.78, 5) is 28.8. The number of nitrogens with zero attached hydrogens (tertiary/aromatic N) is 3. The zero-order valence-corrected chi connectivity index (χ0v) is 16.4. The minimum atomic E-state index is 0.0378. The van der Waals surface area contributed by atoms with E-state index in [1.807, 2.05) is 16.7 Å². The van der Waals surface area contributed by atoms with Crippen LogP contribution in [0.2, 0.25) is 0 Å². The summed E-state index contributed by atoms with van der Waals surface area (Å²) in [6.45, 7) is 18.8. The Morgan fingerprint density at radius 2 is 1.44 bits per heavy atom. The van der Waals surface area contributed by atoms with Gasteiger partial charge in [0.15, 0.2) is 0 Å². The Labute approximate surface area is 152 Å². The minimum Gasteiger partial charge on any atom is -0.334 e. The highest BCUT2D eigenvalue weighted by atomic mass is 16.2. The van der Waals surface area contributed by atoms with Crippen LogP contribution >= 0.6 is 0 Å². The van der Waals surface area contributed by atoms with E-state index in [9.17, 15) is 9.59 Å². The summed E-state index contributed by atoms with van der Waals surface area (Å²) < 4.78 is 0. The summed E-state index contributed by atoms with van der Waals surface area (Å²) >= 11 is 0. The Kier molecular flexibility index (Phi) is 8.32. The van der Waals surface area contributed by atoms with Crippen molar-refractivity contribution < 1.29 is 9.59 Å². The van der Waals surface area contributed by atoms with Crippen LogP contribution in [0.25, 0.3) is 0 Å². The number of carbonyl (C=O) groups excluding carboxylic acids is 2. The third-order valence-corrected chi connectivity index (χ3v) is 4.75. The Hall–Kier alpha value is -1.66. The molecule has 2 aliphatic heterocycles. The maximum absolute atomic E-state index is 11.5. The Morgan fingerprint density at radius 3 is 1.92 bits per heavy atom. The number of carbonyl (C=O) groups is 2. The molecule has 2 aliphatic rings. The van der Waals surface area contributed by atoms with Crippen molar-refractivity contribution in [1.29, 1.82) is 0 Å². The van der Waals surface area contributed by atoms with Crippen LogP contribution in [-0.2, 0) is 9.59 Å². The van der Waals surface area contributed by atoms with Gasteiger partial charge < -0.3 is 20.0 Å². The van der Waals surface area contributed by atoms with E-state index in [1.54, 1.807) is 0 Å². The molecule has 0 spiro atoms. The number of nitrogens with one attached hydrogen (secondary N) is 1. The van der Waals surface area contributed by atoms with Crippen LogP contribution in [0.15, 0.2) is 25.3 Å². The van der Waals surface area contributed by atoms with Crippen molar-refractivity contribution in [2.24, 2.45) is 0 Å². The maximum Gasteiger partial charge on any atom is 0.246 e. The smallest absolute Gasteiger partial charge is 0.246 e. The van der Waals surface area contributed by atoms with Gasteiger partial charge in [-0.1, -0.05) is 13.2 Å². The van der Waals surface area contributed by atoms with Crippen molar-refractivity contribution in [3.05, 3.63) is 25.3 Å². The molecule has 3 unspecified atom stereocenters. The van der Waals surface area contributed by atoms with Crippen LogP contribution in [0, 0.1) is 0 Å². The van der Waals surface area contributed by atoms with Crippen LogP contribution in [-0.4, -0.2) is 83.9 Å². The summed E-state index contributed by atoms with van der Waals surface area (Å²) in [6.07, 6.45) is 2.78. The second-order valence-corrected chi connectivity index (χ2v) is 7.22. The number of rotatable bonds is 2. The lowest BCUT2D eigenvalue weighted by molar-refractivity contribution is -0.133. The first kappa shape index (κ1) is 21.4. The lowest BCUT2D eigenvalue weighted by Crippen LogP contribution is -2.57. The Bertz CT molecular complexity index is 482. The van der Waals surface area contributed by atoms with Crippen molar-refractivity contribution >= 4 is 11.8 Å². The molecule has 4 atom stereocenters. The molecule has 0 aromatic rings. The zero-order chi connectivity index (χ0) is 19.1. The molecule has 6 nitrogen and oxygen atoms in total. The van der Waals surface area contributed by atoms with Gasteiger partial charge in [-0.3, -0.25) is 9.59 Å². The lowest BCUT2D eigenvalue weighted by Gasteiger charge is -2.42. The Balaban J connectivity index is 0.000000251. The molecule has 0 aromatic carbocycles. The number of piperazine rings is 2. The van der Waals surface area contributed by atoms with E-state index in [4.69, 9.17) is 0 Å². The van der Waals surface area contributed by atoms with E-state index in [-0.39, 0.29) is 17.9 Å². The van der Waals surface area contributed by atoms with Gasteiger partial charge in [-0.15, -0.1) is 0 Å². The largest absolute Gasteiger partial charge is 0.334 e. The van der Waals surface area contributed by atoms with Gasteiger partial charge >= 0.3 is 0 Å². The molecule has 2 saturated heterocycles. The molecule has 0 radical (unpaired) electrons. The molecule has 142 valence electrons. The van der Waals surface area contributed by atoms with Crippen LogP contribution in [0.1, 0.15) is 27.7 Å². The van der Waals surface area contributed by atoms with Crippen molar-refractivity contribution in [3.8, 4) is 0 Å². The van der Waals surface area contributed by atoms with Crippen LogP contribution < -0.4 is 5.32 Å². The molecule has 0 saturated carbocycles. The van der Waals surface area contributed by atoms with E-state index in [0.717, 1.165) is 26.2 Å². The molecule has 0 bridgehead atoms. The third-order valence-electron chi connectivity index (χ3n) is 4.75. The monoisotopic (exact) mass is 350 g/mol. The molecular formula is C19H34N4O2. The standard InChI is InChI=1S/C10H18N2O.C9H16N2O/c1-5-10(13)12-8(2)6-11(4)7-9(12)3;1-4-9(12)11-6-7(2)10-5-8(11)3/h5,8-9H,1,6-7H2,2-4H3;4,7-8,10H,1,5-6H2,2-3H3/t;7?,8-/m.1/s1. The summed E-state index contributed by atoms with van der Waals surface area (Å²) in [5, 5.41) is 3.31. The van der Waals surface area contributed by atoms with E-state index in [2.05, 4.69) is 51.2 Å². The minimum absolute atomic E-state index is 0.0378. The molecule has 2 amide bonds. The molecule has 6 heteroatoms. The zero-order valence-electron chi connectivity index (χ0n) is 16.4. The molecule has 0 aromatic heterocycles. The van der Waals surface area contributed by atoms with Crippen molar-refractivity contribution in [3.63, 3.8) is 0 Å². The normalized spacial score (nSPS) is 30.1. The molecule has 1 N–H and O–H groups in total. The number of likely N-dealkylation sites (N-methyl/N-ethyl adjacent to an activating group) is 1. The maximum atomic E-state index is 11.5. The first-order valence-electron chi connectivity index (χ1n) is 9.00. The predicted octanol–water partition coefficient (Wildman–Crippen LogP) is 1.10. The first-order chi connectivity index (χ1) is 11.7. The van der Waals surface area contributed by atoms with Gasteiger partial charge in [-0.2, -0.15) is 0 Å². The van der Waals surface area contributed by atoms with E-state index < -0.39 is 0 Å². The highest BCUT2D eigenvalue weighted by Gasteiger charge is 2.29. The molecule has 2 fully saturated rings. The lowest BCUT2D eigenvalue weighted by atomic mass is 10.1. The number of amides is 2. The van der Waals surface area contributed by atoms with Crippen LogP contribution in [0.5, 0.6) is 0 Å². The number of hydrogen-bond donors (Lipinski definition) is 1. The predicted molar refractivity (Wildman–Crippen MR) is 102 cm³/mol. The van der Waals surface area contributed by atoms with E-state index in [1.165, 1.54) is 12.2 Å². The van der Waals surface area contributed by atoms with Gasteiger partial charge in [0.25, 0.3) is 0 Å². The van der Waals surface area contributed by atoms with Crippen molar-refractivity contribution in [2.45, 2.75) is 51.9 Å². The Morgan fingerprint density at radius 1 is 0.920 bits per heavy atom. The average molecular weight is 351 g/mol. The molecule has 2 rings (SSSR count). The van der Waals surface area contributed by atoms with Crippen LogP contribution in [0.4, 0.5) is 0 Å². The second kappa shape index (κ2) is 9.73. The highest BCUT2D eigenvalue weighted by molar-refractivity contribution is 5.87. The van der Waals surface area contributed by atoms with Gasteiger partial charge in [-0.05, 0) is 46.9 Å². The molecular weight excluding hydrogens is 316 g/mol. The third kappa shape index (κ3) is 5.97. The fourth-order valence-corrected chi connectivity index (χ4v) is 3.57. The van der Waals surface area contributed by atoms with E-state index in [0.29, 0.717) is 18.1 Å². The summed E-state index contributed by atoms with van der Waals surface area (Å²) in [5.41, 5.74) is 0. The van der Waals surface area contributed by atoms with Crippen molar-refractivity contribution in [1.82, 2.24) is 20.0 Å². The topological polar surface area (TPSA) is 55.9 Å². The average Bonchev–Trinajstić information content (AvgIpc) is 2.55. The number of hydrogen-bond acceptors (Lipinski definition) is 4. The quantitative estimate of drug-likeness (QED) is 0.758. The van der Waals surface area contributed by atoms with Gasteiger partial charge in [0.2, 0.25) is 11.8 Å². The van der Waals surface area contributed by atoms with Gasteiger partial charge in [-0.25, -0.2) is 0 Å². The molecule has 0 aliphatic carbocycles. The fraction of sp³-hybridized carbons (Fsp3) is 0.684. The summed E-state index contributed by atoms with van der Waals surface area (Å²) in [7, 11) is 2.09. The summed E-state index contributed by atoms with van der Waals surface area (Å²) in [5.74, 6) is 0.0870. The highest BCUT2D eigenvalue weighted by Crippen LogP contribution is 2.14.